The maximum atomic E-state index is 2.51. The molecule has 1 aliphatic rings. The first-order valence-corrected chi connectivity index (χ1v) is 22.3. The molecule has 0 saturated heterocycles. The summed E-state index contributed by atoms with van der Waals surface area (Å²) in [7, 11) is 0. The van der Waals surface area contributed by atoms with Crippen LogP contribution in [0.3, 0.4) is 0 Å². The summed E-state index contributed by atoms with van der Waals surface area (Å²) in [5.41, 5.74) is 18.3. The van der Waals surface area contributed by atoms with E-state index in [4.69, 9.17) is 0 Å². The van der Waals surface area contributed by atoms with E-state index in [1.807, 2.05) is 0 Å². The van der Waals surface area contributed by atoms with Gasteiger partial charge in [-0.15, -0.1) is 0 Å². The molecule has 4 heteroatoms. The molecule has 0 aliphatic heterocycles. The summed E-state index contributed by atoms with van der Waals surface area (Å²) < 4.78 is 9.77. The summed E-state index contributed by atoms with van der Waals surface area (Å²) in [6, 6.07) is 76.0. The van der Waals surface area contributed by atoms with Crippen molar-refractivity contribution in [1.29, 1.82) is 0 Å². The van der Waals surface area contributed by atoms with Crippen LogP contribution in [0.1, 0.15) is 17.7 Å². The third-order valence-electron chi connectivity index (χ3n) is 13.8. The highest BCUT2D eigenvalue weighted by atomic mass is 15.0. The molecule has 0 N–H and O–H groups in total. The van der Waals surface area contributed by atoms with Crippen LogP contribution in [0.15, 0.2) is 212 Å². The predicted molar refractivity (Wildman–Crippen MR) is 269 cm³/mol. The lowest BCUT2D eigenvalue weighted by molar-refractivity contribution is 0.888. The molecule has 1 aliphatic carbocycles. The highest BCUT2D eigenvalue weighted by molar-refractivity contribution is 6.12. The average molecular weight is 817 g/mol. The molecule has 0 radical (unpaired) electrons. The molecular weight excluding hydrogens is 777 g/mol. The predicted octanol–water partition coefficient (Wildman–Crippen LogP) is 15.5. The Kier molecular flexibility index (Phi) is 7.48. The van der Waals surface area contributed by atoms with E-state index in [1.165, 1.54) is 110 Å². The van der Waals surface area contributed by atoms with Crippen molar-refractivity contribution in [3.8, 4) is 33.9 Å². The van der Waals surface area contributed by atoms with Crippen LogP contribution in [-0.2, 0) is 6.42 Å². The summed E-state index contributed by atoms with van der Waals surface area (Å²) in [5, 5.41) is 8.87. The first-order valence-electron chi connectivity index (χ1n) is 22.3. The number of nitrogens with zero attached hydrogens (tertiary/aromatic N) is 4. The van der Waals surface area contributed by atoms with Crippen molar-refractivity contribution in [1.82, 2.24) is 18.3 Å². The first kappa shape index (κ1) is 35.3. The summed E-state index contributed by atoms with van der Waals surface area (Å²) in [5.74, 6) is 0. The van der Waals surface area contributed by atoms with Crippen molar-refractivity contribution in [2.45, 2.75) is 12.8 Å². The molecule has 0 atom stereocenters. The number of rotatable bonds is 5. The fourth-order valence-electron chi connectivity index (χ4n) is 11.1. The normalized spacial score (nSPS) is 12.8. The van der Waals surface area contributed by atoms with Gasteiger partial charge in [-0.25, -0.2) is 0 Å². The third kappa shape index (κ3) is 5.05. The van der Waals surface area contributed by atoms with Gasteiger partial charge in [-0.05, 0) is 115 Å². The Balaban J connectivity index is 0.899. The van der Waals surface area contributed by atoms with Crippen molar-refractivity contribution < 1.29 is 0 Å². The molecule has 13 aromatic rings. The molecule has 0 unspecified atom stereocenters. The summed E-state index contributed by atoms with van der Waals surface area (Å²) in [6.07, 6.45) is 6.72. The van der Waals surface area contributed by atoms with Crippen molar-refractivity contribution in [2.75, 3.05) is 0 Å². The Morgan fingerprint density at radius 2 is 0.641 bits per heavy atom. The van der Waals surface area contributed by atoms with Gasteiger partial charge >= 0.3 is 0 Å². The number of fused-ring (bicyclic) bond motifs is 12. The van der Waals surface area contributed by atoms with Gasteiger partial charge in [0.2, 0.25) is 0 Å². The van der Waals surface area contributed by atoms with Crippen molar-refractivity contribution in [3.05, 3.63) is 224 Å². The Labute approximate surface area is 369 Å². The van der Waals surface area contributed by atoms with E-state index in [1.54, 1.807) is 0 Å². The minimum atomic E-state index is 0.999. The fraction of sp³-hybridized carbons (Fsp3) is 0.0333. The maximum Gasteiger partial charge on any atom is 0.0541 e. The minimum Gasteiger partial charge on any atom is -0.313 e. The molecule has 9 aromatic carbocycles. The highest BCUT2D eigenvalue weighted by Crippen LogP contribution is 2.41. The molecule has 4 aromatic heterocycles. The Morgan fingerprint density at radius 1 is 0.281 bits per heavy atom. The van der Waals surface area contributed by atoms with E-state index >= 15 is 0 Å². The second-order valence-corrected chi connectivity index (χ2v) is 17.2. The lowest BCUT2D eigenvalue weighted by Gasteiger charge is -2.15. The number of hydrogen-bond acceptors (Lipinski definition) is 0. The van der Waals surface area contributed by atoms with E-state index in [-0.39, 0.29) is 0 Å². The third-order valence-corrected chi connectivity index (χ3v) is 13.8. The van der Waals surface area contributed by atoms with Crippen molar-refractivity contribution in [3.63, 3.8) is 0 Å². The number of para-hydroxylation sites is 5. The number of aromatic nitrogens is 4. The summed E-state index contributed by atoms with van der Waals surface area (Å²) in [6.45, 7) is 0. The van der Waals surface area contributed by atoms with Gasteiger partial charge in [0.05, 0.1) is 38.6 Å². The summed E-state index contributed by atoms with van der Waals surface area (Å²) in [4.78, 5) is 0. The first-order chi connectivity index (χ1) is 31.8. The fourth-order valence-corrected chi connectivity index (χ4v) is 11.1. The van der Waals surface area contributed by atoms with Crippen LogP contribution in [0.5, 0.6) is 0 Å². The molecule has 300 valence electrons. The number of allylic oxidation sites excluding steroid dienone is 1. The molecule has 14 rings (SSSR count). The van der Waals surface area contributed by atoms with Gasteiger partial charge in [-0.2, -0.15) is 0 Å². The molecule has 0 saturated carbocycles. The largest absolute Gasteiger partial charge is 0.313 e. The topological polar surface area (TPSA) is 19.7 Å². The molecule has 4 nitrogen and oxygen atoms in total. The minimum absolute atomic E-state index is 0.999. The zero-order chi connectivity index (χ0) is 41.9. The second-order valence-electron chi connectivity index (χ2n) is 17.2. The molecule has 0 spiro atoms. The molecular formula is C60H40N4. The van der Waals surface area contributed by atoms with Crippen LogP contribution in [0.4, 0.5) is 0 Å². The van der Waals surface area contributed by atoms with Crippen LogP contribution >= 0.6 is 0 Å². The lowest BCUT2D eigenvalue weighted by atomic mass is 9.98. The average Bonchev–Trinajstić information content (AvgIpc) is 4.09. The molecule has 64 heavy (non-hydrogen) atoms. The number of benzene rings is 9. The van der Waals surface area contributed by atoms with Gasteiger partial charge in [-0.1, -0.05) is 127 Å². The maximum absolute atomic E-state index is 2.51. The standard InChI is InChI=1S/C60H40N4/c1-7-25-53-45(19-1)46-20-2-8-26-54(46)61(53)41-15-13-17-43(37-41)63-57-29-11-5-23-49(57)51-35-39(31-33-59(51)63)40-32-34-60-52(36-40)50-24-6-12-30-58(50)64(60)44-18-14-16-42(38-44)62-55-27-9-3-21-47(55)48-22-4-10-28-56(48)62/h1-11,13-29,31-38H,12,30H2. The van der Waals surface area contributed by atoms with Crippen LogP contribution < -0.4 is 0 Å². The van der Waals surface area contributed by atoms with Gasteiger partial charge < -0.3 is 18.3 Å². The Hall–Kier alpha value is -8.34. The van der Waals surface area contributed by atoms with Crippen LogP contribution in [-0.4, -0.2) is 18.3 Å². The van der Waals surface area contributed by atoms with E-state index in [9.17, 15) is 0 Å². The van der Waals surface area contributed by atoms with Crippen LogP contribution in [0.2, 0.25) is 0 Å². The van der Waals surface area contributed by atoms with Gasteiger partial charge in [0, 0.05) is 71.7 Å². The zero-order valence-electron chi connectivity index (χ0n) is 35.0. The smallest absolute Gasteiger partial charge is 0.0541 e. The van der Waals surface area contributed by atoms with Crippen molar-refractivity contribution in [2.24, 2.45) is 0 Å². The van der Waals surface area contributed by atoms with Crippen molar-refractivity contribution >= 4 is 82.4 Å². The molecule has 0 bridgehead atoms. The second kappa shape index (κ2) is 13.6. The van der Waals surface area contributed by atoms with Gasteiger partial charge in [0.1, 0.15) is 0 Å². The van der Waals surface area contributed by atoms with Gasteiger partial charge in [0.15, 0.2) is 0 Å². The molecule has 4 heterocycles. The molecule has 0 fully saturated rings. The van der Waals surface area contributed by atoms with Crippen LogP contribution in [0, 0.1) is 0 Å². The molecule has 0 amide bonds. The Bertz CT molecular complexity index is 3980. The Morgan fingerprint density at radius 3 is 1.09 bits per heavy atom. The van der Waals surface area contributed by atoms with E-state index in [2.05, 4.69) is 237 Å². The van der Waals surface area contributed by atoms with Gasteiger partial charge in [-0.3, -0.25) is 0 Å². The quantitative estimate of drug-likeness (QED) is 0.165. The van der Waals surface area contributed by atoms with E-state index < -0.39 is 0 Å². The SMILES string of the molecule is C1=Cc2c(n(-c3cccc(-n4c5ccccc5c5ccccc54)c3)c3ccc(-c4ccc5c(c4)c4ccccc4n5-c4cccc(-n5c6ccccc6c6ccccc65)c4)cc23)CC1. The van der Waals surface area contributed by atoms with E-state index in [0.717, 1.165) is 24.2 Å². The highest BCUT2D eigenvalue weighted by Gasteiger charge is 2.22. The lowest BCUT2D eigenvalue weighted by Crippen LogP contribution is -2.04. The van der Waals surface area contributed by atoms with Crippen LogP contribution in [0.25, 0.3) is 116 Å². The number of hydrogen-bond donors (Lipinski definition) is 0. The zero-order valence-corrected chi connectivity index (χ0v) is 35.0. The van der Waals surface area contributed by atoms with Gasteiger partial charge in [0.25, 0.3) is 0 Å². The monoisotopic (exact) mass is 816 g/mol. The van der Waals surface area contributed by atoms with E-state index in [0.29, 0.717) is 0 Å². The summed E-state index contributed by atoms with van der Waals surface area (Å²) >= 11 is 0.